The number of piperazine rings is 1. The van der Waals surface area contributed by atoms with Crippen LogP contribution in [0.4, 0.5) is 5.69 Å². The highest BCUT2D eigenvalue weighted by atomic mass is 16.1. The number of allylic oxidation sites excluding steroid dienone is 3. The molecule has 31 nitrogen and oxygen atoms in total. The van der Waals surface area contributed by atoms with E-state index in [9.17, 15) is 19.2 Å². The summed E-state index contributed by atoms with van der Waals surface area (Å²) in [6.45, 7) is 35.2. The number of hydrogen-bond donors (Lipinski definition) is 2. The molecule has 1 aliphatic carbocycles. The molecule has 19 heterocycles. The summed E-state index contributed by atoms with van der Waals surface area (Å²) in [5, 5.41) is 17.3. The minimum Gasteiger partial charge on any atom is -0.367 e. The fraction of sp³-hybridized carbons (Fsp3) is 0.419. The van der Waals surface area contributed by atoms with E-state index in [1.54, 1.807) is 60.5 Å². The molecule has 2 N–H and O–H groups in total. The Balaban J connectivity index is 0.000000117. The van der Waals surface area contributed by atoms with Gasteiger partial charge in [-0.3, -0.25) is 71.6 Å². The molecular formula is C93H109N27O4. The standard InChI is InChI=1S/C27H34N6O.C23H27N7O.C22H25N7O.C21H23N7O/c1-5-21(27-28-15-19(3)29-27)13-18(2)24-14-26(34)33-17-23(9-10-25(33)30-24)31-11-12-32(20(4)16-31)22-7-6-8-22;1-4-17-21-10-19(27-30(21)13-15(3)25-17)18-11-23(31)29-14-20(24-12-22(29)26-18)16-6-8-28(5-2)9-7-16;1-4-16-20-9-18(26-29(20)12-14(2)24-16)17-10-22(30)28-13-19(23-11-21(28)25-17)15-5-7-27(3)8-6-15;1-3-15-19-8-17(26-28(19)11-13(2)24-15)16-9-21(29)27-12-18(23-10-20(27)25-16)14-4-6-22-7-5-14/h9-10,13-15,17,20,22H,2,5-8,11-12,16H2,1,3-4H3,(H,28,29);10-14,16H,4-9H2,1-3H3;9-13,15H,4-8H2,1-3H3;8-12,14,22H,3-7H2,1-2H3/b21-13-;;;/t20-;;;/m0.../s1. The number of anilines is 1. The SMILES string of the molecule is C=C(/C=C(/CC)c1ncc(C)[nH]1)c1cc(=O)n2cc(N3CCN(C4CCC4)[C@@H](C)C3)ccc2n1.CCc1nc(C)cn2nc(-c3cc(=O)n4cc(C5CCN(C)CC5)ncc4n3)cc12.CCc1nc(C)cn2nc(-c3cc(=O)n4cc(C5CCN(CC)CC5)ncc4n3)cc12.CCc1nc(C)cn2nc(-c3cc(=O)n4cc(C5CCNCC5)ncc4n3)cc12. The Kier molecular flexibility index (Phi) is 24.3. The second kappa shape index (κ2) is 36.1. The summed E-state index contributed by atoms with van der Waals surface area (Å²) in [6.07, 6.45) is 35.7. The van der Waals surface area contributed by atoms with Gasteiger partial charge < -0.3 is 25.0 Å². The first-order valence-electron chi connectivity index (χ1n) is 44.0. The number of aromatic amines is 1. The Morgan fingerprint density at radius 1 is 0.476 bits per heavy atom. The second-order valence-corrected chi connectivity index (χ2v) is 33.7. The van der Waals surface area contributed by atoms with Crippen molar-refractivity contribution in [2.75, 3.05) is 77.4 Å². The van der Waals surface area contributed by atoms with Crippen molar-refractivity contribution in [3.63, 3.8) is 0 Å². The van der Waals surface area contributed by atoms with Crippen LogP contribution in [0.2, 0.25) is 0 Å². The molecule has 20 rings (SSSR count). The van der Waals surface area contributed by atoms with Gasteiger partial charge in [0.05, 0.1) is 133 Å². The first-order chi connectivity index (χ1) is 60.1. The van der Waals surface area contributed by atoms with E-state index in [1.807, 2.05) is 121 Å². The normalized spacial score (nSPS) is 16.9. The quantitative estimate of drug-likeness (QED) is 0.0849. The molecule has 640 valence electrons. The number of aromatic nitrogens is 22. The average molecular weight is 1670 g/mol. The van der Waals surface area contributed by atoms with E-state index in [0.29, 0.717) is 91.8 Å². The van der Waals surface area contributed by atoms with Crippen molar-refractivity contribution in [3.8, 4) is 34.2 Å². The largest absolute Gasteiger partial charge is 0.367 e. The van der Waals surface area contributed by atoms with Gasteiger partial charge in [0.2, 0.25) is 0 Å². The van der Waals surface area contributed by atoms with Crippen molar-refractivity contribution in [1.29, 1.82) is 0 Å². The number of nitrogens with one attached hydrogen (secondary N) is 2. The highest BCUT2D eigenvalue weighted by molar-refractivity contribution is 5.80. The van der Waals surface area contributed by atoms with Crippen LogP contribution in [0.3, 0.4) is 0 Å². The molecule has 15 aromatic rings. The van der Waals surface area contributed by atoms with Gasteiger partial charge in [-0.05, 0) is 212 Å². The Morgan fingerprint density at radius 3 is 1.35 bits per heavy atom. The van der Waals surface area contributed by atoms with Crippen molar-refractivity contribution in [2.45, 2.75) is 183 Å². The third kappa shape index (κ3) is 17.7. The van der Waals surface area contributed by atoms with E-state index in [1.165, 1.54) is 19.3 Å². The first kappa shape index (κ1) is 83.7. The van der Waals surface area contributed by atoms with Crippen LogP contribution in [0.25, 0.3) is 84.4 Å². The molecule has 0 unspecified atom stereocenters. The van der Waals surface area contributed by atoms with Crippen LogP contribution in [0.5, 0.6) is 0 Å². The smallest absolute Gasteiger partial charge is 0.258 e. The minimum absolute atomic E-state index is 0.0931. The van der Waals surface area contributed by atoms with Gasteiger partial charge in [-0.25, -0.2) is 38.5 Å². The zero-order valence-corrected chi connectivity index (χ0v) is 72.8. The van der Waals surface area contributed by atoms with Crippen LogP contribution in [-0.2, 0) is 19.3 Å². The number of H-pyrrole nitrogens is 1. The lowest BCUT2D eigenvalue weighted by Gasteiger charge is -2.47. The Labute approximate surface area is 717 Å². The third-order valence-electron chi connectivity index (χ3n) is 25.1. The van der Waals surface area contributed by atoms with Crippen LogP contribution in [0.1, 0.15) is 192 Å². The summed E-state index contributed by atoms with van der Waals surface area (Å²) in [4.78, 5) is 116. The molecule has 0 bridgehead atoms. The Bertz CT molecular complexity index is 6800. The van der Waals surface area contributed by atoms with E-state index in [4.69, 9.17) is 4.98 Å². The van der Waals surface area contributed by atoms with E-state index in [2.05, 4.69) is 156 Å². The summed E-state index contributed by atoms with van der Waals surface area (Å²) in [5.74, 6) is 1.99. The van der Waals surface area contributed by atoms with Crippen LogP contribution >= 0.6 is 0 Å². The molecule has 124 heavy (non-hydrogen) atoms. The van der Waals surface area contributed by atoms with Gasteiger partial charge in [0, 0.05) is 110 Å². The van der Waals surface area contributed by atoms with E-state index in [-0.39, 0.29) is 22.2 Å². The average Bonchev–Trinajstić information content (AvgIpc) is 1.56. The van der Waals surface area contributed by atoms with Gasteiger partial charge in [-0.1, -0.05) is 47.6 Å². The Morgan fingerprint density at radius 2 is 0.927 bits per heavy atom. The van der Waals surface area contributed by atoms with Crippen molar-refractivity contribution >= 4 is 56.0 Å². The van der Waals surface area contributed by atoms with Gasteiger partial charge in [-0.15, -0.1) is 0 Å². The predicted molar refractivity (Wildman–Crippen MR) is 483 cm³/mol. The highest BCUT2D eigenvalue weighted by Gasteiger charge is 2.33. The molecule has 4 saturated heterocycles. The summed E-state index contributed by atoms with van der Waals surface area (Å²) >= 11 is 0. The van der Waals surface area contributed by atoms with E-state index < -0.39 is 0 Å². The molecular weight excluding hydrogens is 1560 g/mol. The van der Waals surface area contributed by atoms with Gasteiger partial charge in [0.1, 0.15) is 28.6 Å². The van der Waals surface area contributed by atoms with Crippen LogP contribution in [0, 0.1) is 27.7 Å². The number of rotatable bonds is 16. The van der Waals surface area contributed by atoms with Crippen LogP contribution in [-0.4, -0.2) is 206 Å². The maximum Gasteiger partial charge on any atom is 0.258 e. The number of piperidine rings is 3. The molecule has 0 aromatic carbocycles. The molecule has 1 atom stereocenters. The maximum atomic E-state index is 13.0. The molecule has 0 spiro atoms. The summed E-state index contributed by atoms with van der Waals surface area (Å²) in [5.41, 5.74) is 21.3. The molecule has 15 aromatic heterocycles. The number of likely N-dealkylation sites (tertiary alicyclic amines) is 2. The molecule has 5 fully saturated rings. The summed E-state index contributed by atoms with van der Waals surface area (Å²) < 4.78 is 11.9. The first-order valence-corrected chi connectivity index (χ1v) is 44.0. The highest BCUT2D eigenvalue weighted by Crippen LogP contribution is 2.34. The van der Waals surface area contributed by atoms with Crippen molar-refractivity contribution in [1.82, 2.24) is 126 Å². The number of hydrogen-bond acceptors (Lipinski definition) is 23. The van der Waals surface area contributed by atoms with Gasteiger partial charge in [0.15, 0.2) is 16.9 Å². The zero-order chi connectivity index (χ0) is 86.1. The zero-order valence-electron chi connectivity index (χ0n) is 72.8. The number of fused-ring (bicyclic) bond motifs is 7. The van der Waals surface area contributed by atoms with Gasteiger partial charge in [0.25, 0.3) is 22.2 Å². The lowest BCUT2D eigenvalue weighted by atomic mass is 9.89. The van der Waals surface area contributed by atoms with E-state index in [0.717, 1.165) is 226 Å². The number of imidazole rings is 1. The third-order valence-corrected chi connectivity index (χ3v) is 25.1. The fourth-order valence-corrected chi connectivity index (χ4v) is 17.9. The maximum absolute atomic E-state index is 13.0. The van der Waals surface area contributed by atoms with Gasteiger partial charge >= 0.3 is 0 Å². The topological polar surface area (TPSA) is 320 Å². The molecule has 31 heteroatoms. The fourth-order valence-electron chi connectivity index (χ4n) is 17.9. The second-order valence-electron chi connectivity index (χ2n) is 33.7. The van der Waals surface area contributed by atoms with Crippen molar-refractivity contribution in [2.24, 2.45) is 0 Å². The number of pyridine rings is 1. The minimum atomic E-state index is -0.121. The van der Waals surface area contributed by atoms with Crippen molar-refractivity contribution in [3.05, 3.63) is 245 Å². The Hall–Kier alpha value is -12.6. The summed E-state index contributed by atoms with van der Waals surface area (Å²) in [6, 6.07) is 17.4. The molecule has 0 radical (unpaired) electrons. The summed E-state index contributed by atoms with van der Waals surface area (Å²) in [7, 11) is 2.14. The van der Waals surface area contributed by atoms with Crippen molar-refractivity contribution < 1.29 is 0 Å². The monoisotopic (exact) mass is 1670 g/mol. The molecule has 1 saturated carbocycles. The predicted octanol–water partition coefficient (Wildman–Crippen LogP) is 11.8. The van der Waals surface area contributed by atoms with E-state index >= 15 is 0 Å². The van der Waals surface area contributed by atoms with Gasteiger partial charge in [-0.2, -0.15) is 15.3 Å². The molecule has 0 amide bonds. The molecule has 5 aliphatic rings. The number of aryl methyl sites for hydroxylation is 7. The van der Waals surface area contributed by atoms with Crippen LogP contribution < -0.4 is 32.5 Å². The lowest BCUT2D eigenvalue weighted by molar-refractivity contribution is 0.0775. The van der Waals surface area contributed by atoms with Crippen LogP contribution in [0.15, 0.2) is 155 Å². The molecule has 4 aliphatic heterocycles. The lowest BCUT2D eigenvalue weighted by Crippen LogP contribution is -2.57. The number of nitrogens with zero attached hydrogens (tertiary/aromatic N) is 25.